The quantitative estimate of drug-likeness (QED) is 0.551. The third kappa shape index (κ3) is 7.31. The second-order valence-electron chi connectivity index (χ2n) is 6.43. The minimum Gasteiger partial charge on any atom is -0.494 e. The summed E-state index contributed by atoms with van der Waals surface area (Å²) < 4.78 is 5.70. The predicted molar refractivity (Wildman–Crippen MR) is 94.5 cm³/mol. The smallest absolute Gasteiger partial charge is 0.119 e. The van der Waals surface area contributed by atoms with Crippen LogP contribution in [0.25, 0.3) is 0 Å². The molecule has 0 fully saturated rings. The van der Waals surface area contributed by atoms with Crippen molar-refractivity contribution in [3.8, 4) is 5.75 Å². The maximum atomic E-state index is 10.9. The molecule has 0 amide bonds. The Bertz CT molecular complexity index is 392. The molecule has 0 saturated heterocycles. The molecular weight excluding hydrogens is 272 g/mol. The molecule has 0 saturated carbocycles. The molecule has 22 heavy (non-hydrogen) atoms. The summed E-state index contributed by atoms with van der Waals surface area (Å²) in [4.78, 5) is 0. The van der Waals surface area contributed by atoms with Crippen LogP contribution < -0.4 is 4.74 Å². The van der Waals surface area contributed by atoms with E-state index in [9.17, 15) is 5.11 Å². The molecule has 126 valence electrons. The van der Waals surface area contributed by atoms with Crippen LogP contribution in [0.4, 0.5) is 0 Å². The highest BCUT2D eigenvalue weighted by molar-refractivity contribution is 5.28. The normalized spacial score (nSPS) is 11.6. The van der Waals surface area contributed by atoms with Crippen molar-refractivity contribution in [3.63, 3.8) is 0 Å². The van der Waals surface area contributed by atoms with Gasteiger partial charge in [-0.25, -0.2) is 0 Å². The van der Waals surface area contributed by atoms with Crippen molar-refractivity contribution in [1.82, 2.24) is 0 Å². The van der Waals surface area contributed by atoms with Crippen LogP contribution >= 0.6 is 0 Å². The van der Waals surface area contributed by atoms with Crippen LogP contribution in [0.5, 0.6) is 5.75 Å². The highest BCUT2D eigenvalue weighted by Gasteiger charge is 2.25. The second kappa shape index (κ2) is 10.7. The van der Waals surface area contributed by atoms with E-state index < -0.39 is 5.60 Å². The Morgan fingerprint density at radius 3 is 2.23 bits per heavy atom. The first kappa shape index (κ1) is 19.0. The number of rotatable bonds is 12. The Hall–Kier alpha value is -1.02. The van der Waals surface area contributed by atoms with Crippen molar-refractivity contribution < 1.29 is 9.84 Å². The Morgan fingerprint density at radius 2 is 1.64 bits per heavy atom. The Morgan fingerprint density at radius 1 is 0.955 bits per heavy atom. The first-order chi connectivity index (χ1) is 10.6. The lowest BCUT2D eigenvalue weighted by Crippen LogP contribution is -2.29. The molecular formula is C20H34O2. The molecule has 0 aliphatic rings. The lowest BCUT2D eigenvalue weighted by Gasteiger charge is -2.28. The standard InChI is InChI=1S/C20H34O2/c1-4-7-13-20(21,14-8-5-2)15-12-18-10-9-11-19(17-18)22-16-6-3/h9-11,17,21H,4-8,12-16H2,1-3H3. The average Bonchev–Trinajstić information content (AvgIpc) is 2.55. The van der Waals surface area contributed by atoms with Gasteiger partial charge in [-0.3, -0.25) is 0 Å². The van der Waals surface area contributed by atoms with E-state index in [0.29, 0.717) is 0 Å². The van der Waals surface area contributed by atoms with Crippen LogP contribution in [0.2, 0.25) is 0 Å². The molecule has 2 heteroatoms. The Kier molecular flexibility index (Phi) is 9.22. The van der Waals surface area contributed by atoms with Crippen LogP contribution in [-0.2, 0) is 6.42 Å². The zero-order valence-corrected chi connectivity index (χ0v) is 14.7. The molecule has 0 heterocycles. The number of aryl methyl sites for hydroxylation is 1. The zero-order chi connectivity index (χ0) is 16.3. The number of ether oxygens (including phenoxy) is 1. The van der Waals surface area contributed by atoms with E-state index in [1.54, 1.807) is 0 Å². The maximum absolute atomic E-state index is 10.9. The molecule has 0 atom stereocenters. The van der Waals surface area contributed by atoms with Crippen LogP contribution in [-0.4, -0.2) is 17.3 Å². The topological polar surface area (TPSA) is 29.5 Å². The number of hydrogen-bond acceptors (Lipinski definition) is 2. The van der Waals surface area contributed by atoms with E-state index in [1.165, 1.54) is 5.56 Å². The fourth-order valence-corrected chi connectivity index (χ4v) is 2.77. The van der Waals surface area contributed by atoms with Gasteiger partial charge in [0.25, 0.3) is 0 Å². The van der Waals surface area contributed by atoms with Gasteiger partial charge in [0.05, 0.1) is 12.2 Å². The summed E-state index contributed by atoms with van der Waals surface area (Å²) >= 11 is 0. The van der Waals surface area contributed by atoms with Crippen LogP contribution in [0.15, 0.2) is 24.3 Å². The van der Waals surface area contributed by atoms with Crippen molar-refractivity contribution in [2.45, 2.75) is 84.2 Å². The number of hydrogen-bond donors (Lipinski definition) is 1. The summed E-state index contributed by atoms with van der Waals surface area (Å²) in [6.07, 6.45) is 9.17. The van der Waals surface area contributed by atoms with Crippen molar-refractivity contribution in [2.75, 3.05) is 6.61 Å². The van der Waals surface area contributed by atoms with Crippen LogP contribution in [0.3, 0.4) is 0 Å². The van der Waals surface area contributed by atoms with Gasteiger partial charge in [-0.2, -0.15) is 0 Å². The molecule has 1 aromatic rings. The summed E-state index contributed by atoms with van der Waals surface area (Å²) in [6, 6.07) is 8.32. The van der Waals surface area contributed by atoms with Crippen LogP contribution in [0.1, 0.15) is 77.7 Å². The van der Waals surface area contributed by atoms with E-state index in [2.05, 4.69) is 39.0 Å². The Balaban J connectivity index is 2.59. The monoisotopic (exact) mass is 306 g/mol. The molecule has 2 nitrogen and oxygen atoms in total. The summed E-state index contributed by atoms with van der Waals surface area (Å²) in [5, 5.41) is 10.9. The van der Waals surface area contributed by atoms with Crippen molar-refractivity contribution in [1.29, 1.82) is 0 Å². The number of aliphatic hydroxyl groups is 1. The van der Waals surface area contributed by atoms with Gasteiger partial charge in [0.15, 0.2) is 0 Å². The van der Waals surface area contributed by atoms with Crippen molar-refractivity contribution in [2.24, 2.45) is 0 Å². The molecule has 1 rings (SSSR count). The first-order valence-electron chi connectivity index (χ1n) is 9.07. The molecule has 0 spiro atoms. The third-order valence-corrected chi connectivity index (χ3v) is 4.24. The van der Waals surface area contributed by atoms with Gasteiger partial charge in [0.1, 0.15) is 5.75 Å². The van der Waals surface area contributed by atoms with E-state index in [4.69, 9.17) is 4.74 Å². The van der Waals surface area contributed by atoms with Gasteiger partial charge in [0, 0.05) is 0 Å². The number of unbranched alkanes of at least 4 members (excludes halogenated alkanes) is 2. The Labute approximate surface area is 136 Å². The minimum atomic E-state index is -0.494. The summed E-state index contributed by atoms with van der Waals surface area (Å²) in [6.45, 7) is 7.26. The van der Waals surface area contributed by atoms with E-state index in [1.807, 2.05) is 6.07 Å². The van der Waals surface area contributed by atoms with Gasteiger partial charge in [-0.05, 0) is 49.8 Å². The lowest BCUT2D eigenvalue weighted by molar-refractivity contribution is 0.0105. The largest absolute Gasteiger partial charge is 0.494 e. The number of benzene rings is 1. The highest BCUT2D eigenvalue weighted by atomic mass is 16.5. The molecule has 1 aromatic carbocycles. The maximum Gasteiger partial charge on any atom is 0.119 e. The summed E-state index contributed by atoms with van der Waals surface area (Å²) in [5.41, 5.74) is 0.770. The minimum absolute atomic E-state index is 0.494. The van der Waals surface area contributed by atoms with Gasteiger partial charge in [-0.15, -0.1) is 0 Å². The van der Waals surface area contributed by atoms with Crippen molar-refractivity contribution >= 4 is 0 Å². The molecule has 1 N–H and O–H groups in total. The predicted octanol–water partition coefficient (Wildman–Crippen LogP) is 5.52. The van der Waals surface area contributed by atoms with Crippen molar-refractivity contribution in [3.05, 3.63) is 29.8 Å². The molecule has 0 aliphatic heterocycles. The fraction of sp³-hybridized carbons (Fsp3) is 0.700. The van der Waals surface area contributed by atoms with Gasteiger partial charge < -0.3 is 9.84 Å². The third-order valence-electron chi connectivity index (χ3n) is 4.24. The molecule has 0 radical (unpaired) electrons. The molecule has 0 bridgehead atoms. The molecule has 0 aromatic heterocycles. The van der Waals surface area contributed by atoms with E-state index in [-0.39, 0.29) is 0 Å². The zero-order valence-electron chi connectivity index (χ0n) is 14.7. The van der Waals surface area contributed by atoms with Gasteiger partial charge in [-0.1, -0.05) is 58.6 Å². The molecule has 0 aliphatic carbocycles. The molecule has 0 unspecified atom stereocenters. The van der Waals surface area contributed by atoms with E-state index >= 15 is 0 Å². The SMILES string of the molecule is CCCCC(O)(CCCC)CCc1cccc(OCCC)c1. The average molecular weight is 306 g/mol. The summed E-state index contributed by atoms with van der Waals surface area (Å²) in [5.74, 6) is 0.949. The highest BCUT2D eigenvalue weighted by Crippen LogP contribution is 2.27. The first-order valence-corrected chi connectivity index (χ1v) is 9.07. The van der Waals surface area contributed by atoms with Gasteiger partial charge in [0.2, 0.25) is 0 Å². The van der Waals surface area contributed by atoms with Gasteiger partial charge >= 0.3 is 0 Å². The van der Waals surface area contributed by atoms with E-state index in [0.717, 1.165) is 70.1 Å². The summed E-state index contributed by atoms with van der Waals surface area (Å²) in [7, 11) is 0. The fourth-order valence-electron chi connectivity index (χ4n) is 2.77. The lowest BCUT2D eigenvalue weighted by atomic mass is 9.85. The second-order valence-corrected chi connectivity index (χ2v) is 6.43. The van der Waals surface area contributed by atoms with Crippen LogP contribution in [0, 0.1) is 0 Å².